The Morgan fingerprint density at radius 2 is 1.74 bits per heavy atom. The Balaban J connectivity index is 1.49. The highest BCUT2D eigenvalue weighted by Gasteiger charge is 2.59. The van der Waals surface area contributed by atoms with Crippen LogP contribution in [-0.2, 0) is 15.0 Å². The molecule has 2 atom stereocenters. The SMILES string of the molecule is O=C(C1CCN(CCO)CC1)N1CC[C@]2(C(=O)Nc3ccccc32)[C@@H]1c1ccccc1. The van der Waals surface area contributed by atoms with Crippen LogP contribution in [-0.4, -0.2) is 59.5 Å². The van der Waals surface area contributed by atoms with Crippen LogP contribution in [0.4, 0.5) is 5.69 Å². The van der Waals surface area contributed by atoms with Crippen molar-refractivity contribution in [1.82, 2.24) is 9.80 Å². The third-order valence-corrected chi connectivity index (χ3v) is 7.34. The van der Waals surface area contributed by atoms with E-state index in [1.54, 1.807) is 0 Å². The van der Waals surface area contributed by atoms with Gasteiger partial charge in [0.15, 0.2) is 0 Å². The van der Waals surface area contributed by atoms with E-state index in [-0.39, 0.29) is 30.4 Å². The summed E-state index contributed by atoms with van der Waals surface area (Å²) in [4.78, 5) is 31.3. The van der Waals surface area contributed by atoms with E-state index in [9.17, 15) is 14.7 Å². The van der Waals surface area contributed by atoms with Crippen molar-refractivity contribution in [2.45, 2.75) is 30.7 Å². The van der Waals surface area contributed by atoms with Crippen LogP contribution in [0.15, 0.2) is 54.6 Å². The van der Waals surface area contributed by atoms with Crippen molar-refractivity contribution in [3.8, 4) is 0 Å². The van der Waals surface area contributed by atoms with Gasteiger partial charge in [-0.3, -0.25) is 9.59 Å². The maximum absolute atomic E-state index is 13.7. The highest BCUT2D eigenvalue weighted by molar-refractivity contribution is 6.07. The highest BCUT2D eigenvalue weighted by Crippen LogP contribution is 2.55. The number of piperidine rings is 1. The van der Waals surface area contributed by atoms with Gasteiger partial charge in [0.1, 0.15) is 5.41 Å². The van der Waals surface area contributed by atoms with E-state index < -0.39 is 5.41 Å². The van der Waals surface area contributed by atoms with E-state index >= 15 is 0 Å². The summed E-state index contributed by atoms with van der Waals surface area (Å²) in [6.45, 7) is 3.05. The van der Waals surface area contributed by atoms with Crippen molar-refractivity contribution < 1.29 is 14.7 Å². The molecule has 2 aromatic rings. The molecule has 162 valence electrons. The maximum atomic E-state index is 13.7. The quantitative estimate of drug-likeness (QED) is 0.799. The Bertz CT molecular complexity index is 971. The molecule has 2 aromatic carbocycles. The van der Waals surface area contributed by atoms with Gasteiger partial charge in [-0.05, 0) is 49.5 Å². The highest BCUT2D eigenvalue weighted by atomic mass is 16.3. The van der Waals surface area contributed by atoms with Crippen LogP contribution < -0.4 is 5.32 Å². The number of aliphatic hydroxyl groups excluding tert-OH is 1. The minimum Gasteiger partial charge on any atom is -0.395 e. The number of amides is 2. The Labute approximate surface area is 182 Å². The first-order chi connectivity index (χ1) is 15.1. The second kappa shape index (κ2) is 8.09. The predicted molar refractivity (Wildman–Crippen MR) is 119 cm³/mol. The lowest BCUT2D eigenvalue weighted by Crippen LogP contribution is -2.46. The van der Waals surface area contributed by atoms with Crippen LogP contribution in [0, 0.1) is 5.92 Å². The molecule has 0 saturated carbocycles. The van der Waals surface area contributed by atoms with Gasteiger partial charge in [-0.1, -0.05) is 48.5 Å². The van der Waals surface area contributed by atoms with Gasteiger partial charge in [-0.2, -0.15) is 0 Å². The van der Waals surface area contributed by atoms with Crippen molar-refractivity contribution in [1.29, 1.82) is 0 Å². The summed E-state index contributed by atoms with van der Waals surface area (Å²) in [5.74, 6) is 0.123. The van der Waals surface area contributed by atoms with Crippen LogP contribution in [0.25, 0.3) is 0 Å². The first-order valence-electron chi connectivity index (χ1n) is 11.2. The monoisotopic (exact) mass is 419 g/mol. The lowest BCUT2D eigenvalue weighted by atomic mass is 9.72. The number of carbonyl (C=O) groups excluding carboxylic acids is 2. The first kappa shape index (κ1) is 20.2. The van der Waals surface area contributed by atoms with Gasteiger partial charge < -0.3 is 20.2 Å². The average Bonchev–Trinajstić information content (AvgIpc) is 3.34. The van der Waals surface area contributed by atoms with Crippen LogP contribution in [0.1, 0.15) is 36.4 Å². The van der Waals surface area contributed by atoms with Crippen molar-refractivity contribution in [3.63, 3.8) is 0 Å². The molecule has 1 spiro atoms. The Morgan fingerprint density at radius 3 is 2.48 bits per heavy atom. The molecule has 2 N–H and O–H groups in total. The summed E-state index contributed by atoms with van der Waals surface area (Å²) in [7, 11) is 0. The smallest absolute Gasteiger partial charge is 0.237 e. The van der Waals surface area contributed by atoms with E-state index in [0.717, 1.165) is 42.7 Å². The number of carbonyl (C=O) groups is 2. The molecule has 6 nitrogen and oxygen atoms in total. The molecular formula is C25H29N3O3. The van der Waals surface area contributed by atoms with Gasteiger partial charge in [0.05, 0.1) is 12.6 Å². The zero-order chi connectivity index (χ0) is 21.4. The Kier molecular flexibility index (Phi) is 5.28. The number of likely N-dealkylation sites (tertiary alicyclic amines) is 2. The van der Waals surface area contributed by atoms with Crippen LogP contribution in [0.3, 0.4) is 0 Å². The number of fused-ring (bicyclic) bond motifs is 2. The zero-order valence-corrected chi connectivity index (χ0v) is 17.7. The number of aliphatic hydroxyl groups is 1. The Morgan fingerprint density at radius 1 is 1.03 bits per heavy atom. The third-order valence-electron chi connectivity index (χ3n) is 7.34. The number of hydrogen-bond donors (Lipinski definition) is 2. The molecule has 2 amide bonds. The summed E-state index contributed by atoms with van der Waals surface area (Å²) in [6.07, 6.45) is 2.23. The Hall–Kier alpha value is -2.70. The van der Waals surface area contributed by atoms with Gasteiger partial charge in [0.2, 0.25) is 11.8 Å². The van der Waals surface area contributed by atoms with Gasteiger partial charge in [-0.15, -0.1) is 0 Å². The van der Waals surface area contributed by atoms with Crippen molar-refractivity contribution in [2.24, 2.45) is 5.92 Å². The molecule has 2 fully saturated rings. The van der Waals surface area contributed by atoms with E-state index in [4.69, 9.17) is 0 Å². The van der Waals surface area contributed by atoms with Crippen molar-refractivity contribution in [2.75, 3.05) is 38.1 Å². The number of para-hydroxylation sites is 1. The number of rotatable bonds is 4. The minimum atomic E-state index is -0.745. The number of hydrogen-bond acceptors (Lipinski definition) is 4. The van der Waals surface area contributed by atoms with E-state index in [0.29, 0.717) is 19.5 Å². The molecule has 3 aliphatic rings. The maximum Gasteiger partial charge on any atom is 0.237 e. The first-order valence-corrected chi connectivity index (χ1v) is 11.2. The molecule has 31 heavy (non-hydrogen) atoms. The molecule has 0 aromatic heterocycles. The largest absolute Gasteiger partial charge is 0.395 e. The lowest BCUT2D eigenvalue weighted by Gasteiger charge is -2.38. The van der Waals surface area contributed by atoms with Crippen LogP contribution in [0.5, 0.6) is 0 Å². The normalized spacial score (nSPS) is 26.3. The fourth-order valence-electron chi connectivity index (χ4n) is 5.80. The lowest BCUT2D eigenvalue weighted by molar-refractivity contribution is -0.139. The molecule has 0 bridgehead atoms. The summed E-state index contributed by atoms with van der Waals surface area (Å²) >= 11 is 0. The fourth-order valence-corrected chi connectivity index (χ4v) is 5.80. The van der Waals surface area contributed by atoms with Gasteiger partial charge in [0.25, 0.3) is 0 Å². The predicted octanol–water partition coefficient (Wildman–Crippen LogP) is 2.55. The molecule has 0 radical (unpaired) electrons. The molecule has 6 heteroatoms. The minimum absolute atomic E-state index is 0.00406. The van der Waals surface area contributed by atoms with Crippen LogP contribution >= 0.6 is 0 Å². The second-order valence-electron chi connectivity index (χ2n) is 8.91. The van der Waals surface area contributed by atoms with Gasteiger partial charge in [-0.25, -0.2) is 0 Å². The zero-order valence-electron chi connectivity index (χ0n) is 17.7. The molecule has 0 aliphatic carbocycles. The summed E-state index contributed by atoms with van der Waals surface area (Å²) in [5, 5.41) is 12.3. The number of anilines is 1. The summed E-state index contributed by atoms with van der Waals surface area (Å²) in [5.41, 5.74) is 2.13. The van der Waals surface area contributed by atoms with Crippen LogP contribution in [0.2, 0.25) is 0 Å². The molecule has 2 saturated heterocycles. The number of benzene rings is 2. The molecular weight excluding hydrogens is 390 g/mol. The third kappa shape index (κ3) is 3.25. The summed E-state index contributed by atoms with van der Waals surface area (Å²) in [6, 6.07) is 17.6. The van der Waals surface area contributed by atoms with E-state index in [1.807, 2.05) is 59.5 Å². The van der Waals surface area contributed by atoms with Crippen molar-refractivity contribution in [3.05, 3.63) is 65.7 Å². The van der Waals surface area contributed by atoms with Gasteiger partial charge in [0, 0.05) is 24.7 Å². The van der Waals surface area contributed by atoms with E-state index in [2.05, 4.69) is 10.2 Å². The molecule has 0 unspecified atom stereocenters. The topological polar surface area (TPSA) is 72.9 Å². The fraction of sp³-hybridized carbons (Fsp3) is 0.440. The molecule has 3 heterocycles. The second-order valence-corrected chi connectivity index (χ2v) is 8.91. The summed E-state index contributed by atoms with van der Waals surface area (Å²) < 4.78 is 0. The van der Waals surface area contributed by atoms with Gasteiger partial charge >= 0.3 is 0 Å². The number of nitrogens with zero attached hydrogens (tertiary/aromatic N) is 2. The standard InChI is InChI=1S/C25H29N3O3/c29-17-16-27-13-10-19(11-14-27)23(30)28-15-12-25(22(28)18-6-2-1-3-7-18)20-8-4-5-9-21(20)26-24(25)31/h1-9,19,22,29H,10-17H2,(H,26,31)/t22-,25+/m0/s1. The van der Waals surface area contributed by atoms with Crippen molar-refractivity contribution >= 4 is 17.5 Å². The average molecular weight is 420 g/mol. The molecule has 5 rings (SSSR count). The molecule has 3 aliphatic heterocycles. The number of β-amino-alcohol motifs (C(OH)–C–C–N with tert-alkyl or cyclic N) is 1. The van der Waals surface area contributed by atoms with E-state index in [1.165, 1.54) is 0 Å². The number of nitrogens with one attached hydrogen (secondary N) is 1.